The molecule has 2 aromatic rings. The Labute approximate surface area is 143 Å². The van der Waals surface area contributed by atoms with Crippen molar-refractivity contribution in [2.75, 3.05) is 13.2 Å². The molecule has 0 bridgehead atoms. The number of nitrogens with one attached hydrogen (secondary N) is 1. The standard InChI is InChI=1S/C16H19BrN4O2/c17-16-19-15(21(20-16)13-3-1-2-8-23-13)14-12-9-11(22)5-4-10(12)6-7-18-14/h4-5,9,13-14,18,22H,1-3,6-8H2. The molecule has 0 radical (unpaired) electrons. The molecule has 7 heteroatoms. The zero-order chi connectivity index (χ0) is 15.8. The first kappa shape index (κ1) is 15.1. The normalized spacial score (nSPS) is 24.4. The van der Waals surface area contributed by atoms with Gasteiger partial charge in [0.25, 0.3) is 0 Å². The lowest BCUT2D eigenvalue weighted by Crippen LogP contribution is -2.34. The molecule has 1 fully saturated rings. The van der Waals surface area contributed by atoms with Gasteiger partial charge in [0.2, 0.25) is 4.73 Å². The summed E-state index contributed by atoms with van der Waals surface area (Å²) in [5.74, 6) is 1.10. The maximum absolute atomic E-state index is 9.87. The molecule has 3 heterocycles. The summed E-state index contributed by atoms with van der Waals surface area (Å²) >= 11 is 3.39. The number of aromatic nitrogens is 3. The fourth-order valence-electron chi connectivity index (χ4n) is 3.40. The molecule has 1 aromatic carbocycles. The van der Waals surface area contributed by atoms with Crippen LogP contribution in [0.1, 0.15) is 48.5 Å². The van der Waals surface area contributed by atoms with Gasteiger partial charge in [-0.05, 0) is 64.9 Å². The summed E-state index contributed by atoms with van der Waals surface area (Å²) in [7, 11) is 0. The van der Waals surface area contributed by atoms with E-state index in [1.165, 1.54) is 5.56 Å². The number of fused-ring (bicyclic) bond motifs is 1. The van der Waals surface area contributed by atoms with E-state index in [4.69, 9.17) is 4.74 Å². The predicted molar refractivity (Wildman–Crippen MR) is 88.2 cm³/mol. The molecule has 0 spiro atoms. The van der Waals surface area contributed by atoms with Gasteiger partial charge in [-0.25, -0.2) is 9.67 Å². The number of aromatic hydroxyl groups is 1. The number of halogens is 1. The Kier molecular flexibility index (Phi) is 4.09. The molecule has 0 amide bonds. The van der Waals surface area contributed by atoms with Crippen LogP contribution in [0.5, 0.6) is 5.75 Å². The number of ether oxygens (including phenoxy) is 1. The Morgan fingerprint density at radius 1 is 1.35 bits per heavy atom. The van der Waals surface area contributed by atoms with E-state index in [0.717, 1.165) is 50.2 Å². The summed E-state index contributed by atoms with van der Waals surface area (Å²) < 4.78 is 8.34. The van der Waals surface area contributed by atoms with Gasteiger partial charge in [-0.15, -0.1) is 5.10 Å². The summed E-state index contributed by atoms with van der Waals surface area (Å²) in [5, 5.41) is 17.9. The lowest BCUT2D eigenvalue weighted by molar-refractivity contribution is -0.0421. The van der Waals surface area contributed by atoms with Crippen LogP contribution in [0.4, 0.5) is 0 Å². The molecule has 0 saturated carbocycles. The molecule has 1 saturated heterocycles. The maximum atomic E-state index is 9.87. The molecule has 2 aliphatic heterocycles. The van der Waals surface area contributed by atoms with Gasteiger partial charge in [-0.3, -0.25) is 0 Å². The van der Waals surface area contributed by atoms with Crippen LogP contribution in [-0.2, 0) is 11.2 Å². The van der Waals surface area contributed by atoms with E-state index in [1.54, 1.807) is 6.07 Å². The van der Waals surface area contributed by atoms with Crippen LogP contribution in [0.2, 0.25) is 0 Å². The van der Waals surface area contributed by atoms with E-state index in [2.05, 4.69) is 31.3 Å². The number of phenols is 1. The third-order valence-corrected chi connectivity index (χ3v) is 4.84. The third kappa shape index (κ3) is 2.88. The molecule has 1 aromatic heterocycles. The average molecular weight is 379 g/mol. The van der Waals surface area contributed by atoms with Gasteiger partial charge >= 0.3 is 0 Å². The molecule has 122 valence electrons. The van der Waals surface area contributed by atoms with Crippen molar-refractivity contribution in [1.29, 1.82) is 0 Å². The molecule has 0 aliphatic carbocycles. The van der Waals surface area contributed by atoms with Gasteiger partial charge in [0, 0.05) is 13.2 Å². The van der Waals surface area contributed by atoms with Gasteiger partial charge in [-0.2, -0.15) is 0 Å². The minimum atomic E-state index is -0.0878. The van der Waals surface area contributed by atoms with Gasteiger partial charge in [-0.1, -0.05) is 6.07 Å². The van der Waals surface area contributed by atoms with Crippen molar-refractivity contribution in [3.63, 3.8) is 0 Å². The van der Waals surface area contributed by atoms with Crippen molar-refractivity contribution in [2.45, 2.75) is 38.0 Å². The second kappa shape index (κ2) is 6.22. The number of nitrogens with zero attached hydrogens (tertiary/aromatic N) is 3. The smallest absolute Gasteiger partial charge is 0.217 e. The molecular weight excluding hydrogens is 360 g/mol. The first-order valence-corrected chi connectivity index (χ1v) is 8.80. The number of rotatable bonds is 2. The number of phenolic OH excluding ortho intramolecular Hbond substituents is 1. The van der Waals surface area contributed by atoms with Gasteiger partial charge in [0.05, 0.1) is 6.04 Å². The van der Waals surface area contributed by atoms with Gasteiger partial charge in [0.1, 0.15) is 5.75 Å². The van der Waals surface area contributed by atoms with Crippen molar-refractivity contribution in [3.8, 4) is 5.75 Å². The van der Waals surface area contributed by atoms with E-state index in [-0.39, 0.29) is 18.0 Å². The second-order valence-electron chi connectivity index (χ2n) is 6.03. The van der Waals surface area contributed by atoms with Crippen LogP contribution in [0.3, 0.4) is 0 Å². The highest BCUT2D eigenvalue weighted by Gasteiger charge is 2.30. The fourth-order valence-corrected chi connectivity index (χ4v) is 3.76. The third-order valence-electron chi connectivity index (χ3n) is 4.50. The minimum Gasteiger partial charge on any atom is -0.508 e. The van der Waals surface area contributed by atoms with Crippen molar-refractivity contribution in [3.05, 3.63) is 39.9 Å². The lowest BCUT2D eigenvalue weighted by atomic mass is 9.93. The summed E-state index contributed by atoms with van der Waals surface area (Å²) in [6.45, 7) is 1.63. The van der Waals surface area contributed by atoms with Crippen molar-refractivity contribution < 1.29 is 9.84 Å². The Bertz CT molecular complexity index is 712. The predicted octanol–water partition coefficient (Wildman–Crippen LogP) is 2.68. The largest absolute Gasteiger partial charge is 0.508 e. The van der Waals surface area contributed by atoms with Crippen molar-refractivity contribution in [1.82, 2.24) is 20.1 Å². The molecule has 2 atom stereocenters. The molecule has 2 unspecified atom stereocenters. The van der Waals surface area contributed by atoms with Gasteiger partial charge in [0.15, 0.2) is 12.1 Å². The molecular formula is C16H19BrN4O2. The molecule has 23 heavy (non-hydrogen) atoms. The van der Waals surface area contributed by atoms with E-state index in [1.807, 2.05) is 16.8 Å². The van der Waals surface area contributed by atoms with Gasteiger partial charge < -0.3 is 15.2 Å². The van der Waals surface area contributed by atoms with E-state index < -0.39 is 0 Å². The van der Waals surface area contributed by atoms with Crippen LogP contribution in [0.15, 0.2) is 22.9 Å². The van der Waals surface area contributed by atoms with Crippen molar-refractivity contribution >= 4 is 15.9 Å². The number of hydrogen-bond acceptors (Lipinski definition) is 5. The molecule has 4 rings (SSSR count). The first-order valence-electron chi connectivity index (χ1n) is 8.01. The second-order valence-corrected chi connectivity index (χ2v) is 6.73. The van der Waals surface area contributed by atoms with E-state index >= 15 is 0 Å². The monoisotopic (exact) mass is 378 g/mol. The molecule has 2 N–H and O–H groups in total. The summed E-state index contributed by atoms with van der Waals surface area (Å²) in [6, 6.07) is 5.47. The van der Waals surface area contributed by atoms with Crippen LogP contribution >= 0.6 is 15.9 Å². The lowest BCUT2D eigenvalue weighted by Gasteiger charge is -2.29. The SMILES string of the molecule is Oc1ccc2c(c1)C(c1nc(Br)nn1C1CCCCO1)NCC2. The highest BCUT2D eigenvalue weighted by molar-refractivity contribution is 9.10. The summed E-state index contributed by atoms with van der Waals surface area (Å²) in [6.07, 6.45) is 4.06. The number of hydrogen-bond donors (Lipinski definition) is 2. The Morgan fingerprint density at radius 3 is 3.09 bits per heavy atom. The quantitative estimate of drug-likeness (QED) is 0.840. The average Bonchev–Trinajstić information content (AvgIpc) is 2.97. The summed E-state index contributed by atoms with van der Waals surface area (Å²) in [5.41, 5.74) is 2.30. The highest BCUT2D eigenvalue weighted by atomic mass is 79.9. The highest BCUT2D eigenvalue weighted by Crippen LogP contribution is 2.33. The first-order chi connectivity index (χ1) is 11.2. The van der Waals surface area contributed by atoms with Crippen molar-refractivity contribution in [2.24, 2.45) is 0 Å². The Morgan fingerprint density at radius 2 is 2.26 bits per heavy atom. The molecule has 6 nitrogen and oxygen atoms in total. The zero-order valence-corrected chi connectivity index (χ0v) is 14.3. The van der Waals surface area contributed by atoms with Crippen LogP contribution < -0.4 is 5.32 Å². The fraction of sp³-hybridized carbons (Fsp3) is 0.500. The molecule has 2 aliphatic rings. The van der Waals surface area contributed by atoms with E-state index in [9.17, 15) is 5.11 Å². The van der Waals surface area contributed by atoms with E-state index in [0.29, 0.717) is 4.73 Å². The number of benzene rings is 1. The maximum Gasteiger partial charge on any atom is 0.217 e. The summed E-state index contributed by atoms with van der Waals surface area (Å²) in [4.78, 5) is 4.58. The van der Waals surface area contributed by atoms with Crippen LogP contribution in [0, 0.1) is 0 Å². The minimum absolute atomic E-state index is 0.0676. The zero-order valence-electron chi connectivity index (χ0n) is 12.7. The van der Waals surface area contributed by atoms with Crippen LogP contribution in [0.25, 0.3) is 0 Å². The Balaban J connectivity index is 1.75. The Hall–Kier alpha value is -1.44. The van der Waals surface area contributed by atoms with Crippen LogP contribution in [-0.4, -0.2) is 33.0 Å². The topological polar surface area (TPSA) is 72.2 Å².